The van der Waals surface area contributed by atoms with Crippen molar-refractivity contribution in [2.24, 2.45) is 0 Å². The molecule has 20 heavy (non-hydrogen) atoms. The van der Waals surface area contributed by atoms with E-state index in [9.17, 15) is 8.42 Å². The van der Waals surface area contributed by atoms with Gasteiger partial charge in [0, 0.05) is 36.4 Å². The van der Waals surface area contributed by atoms with E-state index in [0.29, 0.717) is 11.1 Å². The van der Waals surface area contributed by atoms with Gasteiger partial charge < -0.3 is 15.5 Å². The predicted octanol–water partition coefficient (Wildman–Crippen LogP) is 1.45. The Morgan fingerprint density at radius 2 is 2.10 bits per heavy atom. The molecule has 0 spiro atoms. The Morgan fingerprint density at radius 3 is 2.75 bits per heavy atom. The molecule has 0 fully saturated rings. The molecule has 4 N–H and O–H groups in total. The molecule has 0 amide bonds. The fraction of sp³-hybridized carbons (Fsp3) is 0.385. The summed E-state index contributed by atoms with van der Waals surface area (Å²) in [7, 11) is -2.08. The van der Waals surface area contributed by atoms with Crippen LogP contribution in [0.2, 0.25) is 0 Å². The van der Waals surface area contributed by atoms with E-state index >= 15 is 0 Å². The first-order valence-electron chi connectivity index (χ1n) is 6.17. The predicted molar refractivity (Wildman–Crippen MR) is 79.0 cm³/mol. The minimum absolute atomic E-state index is 0.181. The van der Waals surface area contributed by atoms with Crippen LogP contribution >= 0.6 is 0 Å². The highest BCUT2D eigenvalue weighted by atomic mass is 32.2. The number of hydrogen-bond acceptors (Lipinski definition) is 4. The van der Waals surface area contributed by atoms with Crippen LogP contribution in [0.25, 0.3) is 10.9 Å². The molecular formula is C13H19N3O3S. The maximum atomic E-state index is 12.4. The van der Waals surface area contributed by atoms with Crippen molar-refractivity contribution in [1.82, 2.24) is 9.71 Å². The number of aromatic amines is 1. The van der Waals surface area contributed by atoms with Crippen LogP contribution in [0.4, 0.5) is 5.69 Å². The van der Waals surface area contributed by atoms with E-state index in [4.69, 9.17) is 10.5 Å². The molecule has 0 bridgehead atoms. The van der Waals surface area contributed by atoms with Gasteiger partial charge in [-0.3, -0.25) is 0 Å². The third-order valence-corrected chi connectivity index (χ3v) is 4.64. The lowest BCUT2D eigenvalue weighted by atomic mass is 10.1. The van der Waals surface area contributed by atoms with Gasteiger partial charge in [0.25, 0.3) is 0 Å². The molecule has 1 aromatic carbocycles. The largest absolute Gasteiger partial charge is 0.399 e. The van der Waals surface area contributed by atoms with Crippen LogP contribution in [0.3, 0.4) is 0 Å². The van der Waals surface area contributed by atoms with Crippen LogP contribution in [-0.2, 0) is 14.8 Å². The van der Waals surface area contributed by atoms with Gasteiger partial charge in [-0.1, -0.05) is 0 Å². The van der Waals surface area contributed by atoms with Crippen LogP contribution in [0.1, 0.15) is 13.8 Å². The molecule has 0 atom stereocenters. The molecule has 1 heterocycles. The number of benzene rings is 1. The molecule has 0 radical (unpaired) electrons. The summed E-state index contributed by atoms with van der Waals surface area (Å²) in [6.07, 6.45) is 1.46. The van der Waals surface area contributed by atoms with E-state index in [1.165, 1.54) is 6.20 Å². The second kappa shape index (κ2) is 5.08. The summed E-state index contributed by atoms with van der Waals surface area (Å²) in [4.78, 5) is 3.11. The number of nitrogen functional groups attached to an aromatic ring is 1. The molecule has 2 rings (SSSR count). The highest BCUT2D eigenvalue weighted by Gasteiger charge is 2.23. The normalized spacial score (nSPS) is 12.9. The molecule has 6 nitrogen and oxygen atoms in total. The van der Waals surface area contributed by atoms with E-state index in [2.05, 4.69) is 9.71 Å². The van der Waals surface area contributed by atoms with E-state index in [1.807, 2.05) is 13.8 Å². The number of ether oxygens (including phenoxy) is 1. The summed E-state index contributed by atoms with van der Waals surface area (Å²) in [5.74, 6) is 0. The van der Waals surface area contributed by atoms with Gasteiger partial charge in [0.15, 0.2) is 0 Å². The molecule has 0 aliphatic carbocycles. The molecule has 0 unspecified atom stereocenters. The lowest BCUT2D eigenvalue weighted by Crippen LogP contribution is -2.39. The summed E-state index contributed by atoms with van der Waals surface area (Å²) in [6, 6.07) is 5.11. The number of sulfonamides is 1. The van der Waals surface area contributed by atoms with Crippen molar-refractivity contribution >= 4 is 26.6 Å². The fourth-order valence-electron chi connectivity index (χ4n) is 1.75. The van der Waals surface area contributed by atoms with Crippen molar-refractivity contribution in [2.45, 2.75) is 24.3 Å². The monoisotopic (exact) mass is 297 g/mol. The minimum Gasteiger partial charge on any atom is -0.399 e. The number of hydrogen-bond donors (Lipinski definition) is 3. The number of rotatable bonds is 5. The average molecular weight is 297 g/mol. The van der Waals surface area contributed by atoms with Gasteiger partial charge in [-0.15, -0.1) is 0 Å². The van der Waals surface area contributed by atoms with Crippen molar-refractivity contribution in [3.05, 3.63) is 24.4 Å². The van der Waals surface area contributed by atoms with Gasteiger partial charge in [-0.05, 0) is 32.0 Å². The smallest absolute Gasteiger partial charge is 0.242 e. The molecule has 0 aliphatic heterocycles. The summed E-state index contributed by atoms with van der Waals surface area (Å²) in [5, 5.41) is 0.577. The molecule has 1 aromatic heterocycles. The summed E-state index contributed by atoms with van der Waals surface area (Å²) in [5.41, 5.74) is 6.39. The van der Waals surface area contributed by atoms with Crippen molar-refractivity contribution in [2.75, 3.05) is 19.4 Å². The van der Waals surface area contributed by atoms with Gasteiger partial charge >= 0.3 is 0 Å². The van der Waals surface area contributed by atoms with Crippen molar-refractivity contribution in [3.8, 4) is 0 Å². The van der Waals surface area contributed by atoms with Gasteiger partial charge in [0.1, 0.15) is 4.90 Å². The topological polar surface area (TPSA) is 97.2 Å². The molecule has 7 heteroatoms. The van der Waals surface area contributed by atoms with Crippen molar-refractivity contribution in [1.29, 1.82) is 0 Å². The van der Waals surface area contributed by atoms with Gasteiger partial charge in [-0.25, -0.2) is 13.1 Å². The Bertz CT molecular complexity index is 720. The number of methoxy groups -OCH3 is 1. The van der Waals surface area contributed by atoms with Crippen molar-refractivity contribution < 1.29 is 13.2 Å². The molecule has 0 aliphatic rings. The highest BCUT2D eigenvalue weighted by molar-refractivity contribution is 7.89. The maximum absolute atomic E-state index is 12.4. The zero-order chi connectivity index (χ0) is 15.0. The Labute approximate surface area is 118 Å². The van der Waals surface area contributed by atoms with E-state index in [1.54, 1.807) is 25.3 Å². The maximum Gasteiger partial charge on any atom is 0.242 e. The molecule has 2 aromatic rings. The quantitative estimate of drug-likeness (QED) is 0.728. The fourth-order valence-corrected chi connectivity index (χ4v) is 3.12. The highest BCUT2D eigenvalue weighted by Crippen LogP contribution is 2.24. The molecule has 0 saturated carbocycles. The van der Waals surface area contributed by atoms with Crippen LogP contribution in [-0.4, -0.2) is 32.7 Å². The van der Waals surface area contributed by atoms with E-state index in [-0.39, 0.29) is 11.4 Å². The van der Waals surface area contributed by atoms with Crippen LogP contribution in [0.5, 0.6) is 0 Å². The number of aromatic nitrogens is 1. The van der Waals surface area contributed by atoms with E-state index < -0.39 is 15.6 Å². The van der Waals surface area contributed by atoms with Crippen LogP contribution < -0.4 is 10.5 Å². The first-order chi connectivity index (χ1) is 9.25. The van der Waals surface area contributed by atoms with Gasteiger partial charge in [0.05, 0.1) is 5.60 Å². The number of fused-ring (bicyclic) bond motifs is 1. The number of anilines is 1. The summed E-state index contributed by atoms with van der Waals surface area (Å²) >= 11 is 0. The second-order valence-corrected chi connectivity index (χ2v) is 6.98. The first kappa shape index (κ1) is 14.8. The lowest BCUT2D eigenvalue weighted by molar-refractivity contribution is 0.0276. The second-order valence-electron chi connectivity index (χ2n) is 5.25. The summed E-state index contributed by atoms with van der Waals surface area (Å²) in [6.45, 7) is 3.80. The first-order valence-corrected chi connectivity index (χ1v) is 7.65. The SMILES string of the molecule is COC(C)(C)CNS(=O)(=O)c1c[nH]c2ccc(N)cc12. The number of H-pyrrole nitrogens is 1. The third kappa shape index (κ3) is 2.95. The Morgan fingerprint density at radius 1 is 1.40 bits per heavy atom. The van der Waals surface area contributed by atoms with Gasteiger partial charge in [0.2, 0.25) is 10.0 Å². The Hall–Kier alpha value is -1.57. The minimum atomic E-state index is -3.62. The molecule has 110 valence electrons. The van der Waals surface area contributed by atoms with Gasteiger partial charge in [-0.2, -0.15) is 0 Å². The molecule has 0 saturated heterocycles. The van der Waals surface area contributed by atoms with E-state index in [0.717, 1.165) is 5.52 Å². The van der Waals surface area contributed by atoms with Crippen molar-refractivity contribution in [3.63, 3.8) is 0 Å². The lowest BCUT2D eigenvalue weighted by Gasteiger charge is -2.22. The average Bonchev–Trinajstić information content (AvgIpc) is 2.80. The standard InChI is InChI=1S/C13H19N3O3S/c1-13(2,19-3)8-16-20(17,18)12-7-15-11-5-4-9(14)6-10(11)12/h4-7,15-16H,8,14H2,1-3H3. The Balaban J connectivity index is 2.35. The summed E-state index contributed by atoms with van der Waals surface area (Å²) < 4.78 is 32.5. The third-order valence-electron chi connectivity index (χ3n) is 3.20. The zero-order valence-electron chi connectivity index (χ0n) is 11.7. The Kier molecular flexibility index (Phi) is 3.77. The van der Waals surface area contributed by atoms with Crippen LogP contribution in [0.15, 0.2) is 29.3 Å². The van der Waals surface area contributed by atoms with Crippen LogP contribution in [0, 0.1) is 0 Å². The number of nitrogens with two attached hydrogens (primary N) is 1. The zero-order valence-corrected chi connectivity index (χ0v) is 12.5. The molecular weight excluding hydrogens is 278 g/mol. The number of nitrogens with one attached hydrogen (secondary N) is 2.